The second-order valence-corrected chi connectivity index (χ2v) is 8.34. The van der Waals surface area contributed by atoms with Crippen LogP contribution in [0.4, 0.5) is 11.4 Å². The van der Waals surface area contributed by atoms with E-state index in [1.165, 1.54) is 39.2 Å². The number of nitrogens with one attached hydrogen (secondary N) is 2. The van der Waals surface area contributed by atoms with Gasteiger partial charge in [-0.15, -0.1) is 0 Å². The summed E-state index contributed by atoms with van der Waals surface area (Å²) in [6.07, 6.45) is 2.44. The van der Waals surface area contributed by atoms with Crippen LogP contribution in [0.1, 0.15) is 36.5 Å². The van der Waals surface area contributed by atoms with E-state index >= 15 is 0 Å². The molecule has 0 unspecified atom stereocenters. The van der Waals surface area contributed by atoms with Crippen molar-refractivity contribution in [2.45, 2.75) is 32.2 Å². The maximum atomic E-state index is 12.8. The van der Waals surface area contributed by atoms with E-state index in [4.69, 9.17) is 19.9 Å². The summed E-state index contributed by atoms with van der Waals surface area (Å²) in [6.45, 7) is 3.42. The fourth-order valence-corrected chi connectivity index (χ4v) is 3.90. The number of carbonyl (C=O) groups is 3. The lowest BCUT2D eigenvalue weighted by molar-refractivity contribution is -0.120. The Morgan fingerprint density at radius 3 is 2.31 bits per heavy atom. The van der Waals surface area contributed by atoms with E-state index in [9.17, 15) is 14.4 Å². The second kappa shape index (κ2) is 12.0. The van der Waals surface area contributed by atoms with Gasteiger partial charge in [0.2, 0.25) is 11.7 Å². The number of hydrogen-bond acceptors (Lipinski definition) is 7. The molecule has 1 heterocycles. The molecule has 10 nitrogen and oxygen atoms in total. The van der Waals surface area contributed by atoms with Gasteiger partial charge in [-0.1, -0.05) is 6.07 Å². The zero-order chi connectivity index (χ0) is 25.4. The Hall–Kier alpha value is -3.95. The Morgan fingerprint density at radius 1 is 1.06 bits per heavy atom. The Morgan fingerprint density at radius 2 is 1.71 bits per heavy atom. The Balaban J connectivity index is 1.61. The molecule has 0 bridgehead atoms. The smallest absolute Gasteiger partial charge is 0.255 e. The minimum absolute atomic E-state index is 0.0910. The summed E-state index contributed by atoms with van der Waals surface area (Å²) in [5.41, 5.74) is 7.19. The number of benzene rings is 2. The zero-order valence-corrected chi connectivity index (χ0v) is 20.3. The number of nitrogens with zero attached hydrogens (tertiary/aromatic N) is 1. The van der Waals surface area contributed by atoms with Gasteiger partial charge in [-0.25, -0.2) is 0 Å². The molecule has 4 N–H and O–H groups in total. The molecule has 10 heteroatoms. The number of ether oxygens (including phenoxy) is 3. The van der Waals surface area contributed by atoms with Gasteiger partial charge in [0.05, 0.1) is 14.2 Å². The van der Waals surface area contributed by atoms with Gasteiger partial charge in [-0.3, -0.25) is 14.4 Å². The lowest BCUT2D eigenvalue weighted by atomic mass is 10.1. The Kier molecular flexibility index (Phi) is 8.77. The standard InChI is InChI=1S/C25H32N4O6/c1-16(11-23(31)28-18-7-6-8-19(14-18)29-9-4-5-10-29)27-25(32)17-12-20(33-2)24(21(13-17)34-3)35-15-22(26)30/h6-8,12-14,16H,4-5,9-11,15H2,1-3H3,(H2,26,30)(H,27,32)(H,28,31)/t16-/m0/s1. The fourth-order valence-electron chi connectivity index (χ4n) is 3.90. The summed E-state index contributed by atoms with van der Waals surface area (Å²) in [7, 11) is 2.80. The second-order valence-electron chi connectivity index (χ2n) is 8.34. The Labute approximate surface area is 204 Å². The summed E-state index contributed by atoms with van der Waals surface area (Å²) in [5.74, 6) is -0.709. The molecule has 1 fully saturated rings. The van der Waals surface area contributed by atoms with Crippen molar-refractivity contribution in [3.05, 3.63) is 42.0 Å². The highest BCUT2D eigenvalue weighted by molar-refractivity contribution is 5.97. The molecule has 2 aromatic rings. The van der Waals surface area contributed by atoms with Gasteiger partial charge < -0.3 is 35.5 Å². The third-order valence-electron chi connectivity index (χ3n) is 5.55. The third-order valence-corrected chi connectivity index (χ3v) is 5.55. The van der Waals surface area contributed by atoms with Crippen molar-refractivity contribution in [3.8, 4) is 17.2 Å². The van der Waals surface area contributed by atoms with E-state index in [1.54, 1.807) is 6.92 Å². The summed E-state index contributed by atoms with van der Waals surface area (Å²) >= 11 is 0. The third kappa shape index (κ3) is 7.02. The van der Waals surface area contributed by atoms with Crippen LogP contribution in [0, 0.1) is 0 Å². The van der Waals surface area contributed by atoms with Crippen molar-refractivity contribution >= 4 is 29.1 Å². The van der Waals surface area contributed by atoms with Crippen molar-refractivity contribution in [1.82, 2.24) is 5.32 Å². The molecule has 1 saturated heterocycles. The SMILES string of the molecule is COc1cc(C(=O)N[C@@H](C)CC(=O)Nc2cccc(N3CCCC3)c2)cc(OC)c1OCC(N)=O. The molecule has 2 aromatic carbocycles. The van der Waals surface area contributed by atoms with Gasteiger partial charge >= 0.3 is 0 Å². The van der Waals surface area contributed by atoms with Gasteiger partial charge in [0.15, 0.2) is 18.1 Å². The molecule has 0 spiro atoms. The van der Waals surface area contributed by atoms with Crippen molar-refractivity contribution in [2.24, 2.45) is 5.73 Å². The molecule has 1 atom stereocenters. The fraction of sp³-hybridized carbons (Fsp3) is 0.400. The predicted molar refractivity (Wildman–Crippen MR) is 132 cm³/mol. The first-order chi connectivity index (χ1) is 16.8. The molecule has 3 rings (SSSR count). The van der Waals surface area contributed by atoms with E-state index in [0.717, 1.165) is 24.5 Å². The first-order valence-corrected chi connectivity index (χ1v) is 11.4. The summed E-state index contributed by atoms with van der Waals surface area (Å²) < 4.78 is 15.9. The van der Waals surface area contributed by atoms with E-state index in [1.807, 2.05) is 24.3 Å². The molecular formula is C25H32N4O6. The van der Waals surface area contributed by atoms with Crippen LogP contribution in [0.15, 0.2) is 36.4 Å². The van der Waals surface area contributed by atoms with Crippen molar-refractivity contribution < 1.29 is 28.6 Å². The number of anilines is 2. The van der Waals surface area contributed by atoms with Crippen LogP contribution < -0.4 is 35.5 Å². The number of hydrogen-bond donors (Lipinski definition) is 3. The largest absolute Gasteiger partial charge is 0.493 e. The molecule has 0 radical (unpaired) electrons. The van der Waals surface area contributed by atoms with Crippen molar-refractivity contribution in [2.75, 3.05) is 44.1 Å². The van der Waals surface area contributed by atoms with Gasteiger partial charge in [-0.2, -0.15) is 0 Å². The van der Waals surface area contributed by atoms with Crippen LogP contribution >= 0.6 is 0 Å². The molecular weight excluding hydrogens is 452 g/mol. The van der Waals surface area contributed by atoms with E-state index in [-0.39, 0.29) is 41.7 Å². The predicted octanol–water partition coefficient (Wildman–Crippen LogP) is 2.32. The van der Waals surface area contributed by atoms with Crippen molar-refractivity contribution in [3.63, 3.8) is 0 Å². The van der Waals surface area contributed by atoms with Gasteiger partial charge in [0.25, 0.3) is 11.8 Å². The van der Waals surface area contributed by atoms with Crippen LogP contribution in [0.3, 0.4) is 0 Å². The monoisotopic (exact) mass is 484 g/mol. The first-order valence-electron chi connectivity index (χ1n) is 11.4. The highest BCUT2D eigenvalue weighted by Gasteiger charge is 2.20. The number of methoxy groups -OCH3 is 2. The van der Waals surface area contributed by atoms with E-state index in [0.29, 0.717) is 0 Å². The molecule has 0 saturated carbocycles. The number of carbonyl (C=O) groups excluding carboxylic acids is 3. The van der Waals surface area contributed by atoms with Crippen LogP contribution in [0.25, 0.3) is 0 Å². The maximum Gasteiger partial charge on any atom is 0.255 e. The van der Waals surface area contributed by atoms with Gasteiger partial charge in [-0.05, 0) is 50.1 Å². The summed E-state index contributed by atoms with van der Waals surface area (Å²) in [5, 5.41) is 5.71. The Bertz CT molecular complexity index is 1040. The normalized spacial score (nSPS) is 13.6. The van der Waals surface area contributed by atoms with E-state index < -0.39 is 17.9 Å². The van der Waals surface area contributed by atoms with Crippen molar-refractivity contribution in [1.29, 1.82) is 0 Å². The average molecular weight is 485 g/mol. The first kappa shape index (κ1) is 25.7. The number of rotatable bonds is 11. The maximum absolute atomic E-state index is 12.8. The molecule has 188 valence electrons. The lowest BCUT2D eigenvalue weighted by Gasteiger charge is -2.19. The quantitative estimate of drug-likeness (QED) is 0.446. The lowest BCUT2D eigenvalue weighted by Crippen LogP contribution is -2.35. The summed E-state index contributed by atoms with van der Waals surface area (Å²) in [4.78, 5) is 38.8. The molecule has 3 amide bonds. The molecule has 1 aliphatic rings. The van der Waals surface area contributed by atoms with Crippen LogP contribution in [0.2, 0.25) is 0 Å². The topological polar surface area (TPSA) is 132 Å². The van der Waals surface area contributed by atoms with Gasteiger partial charge in [0.1, 0.15) is 0 Å². The minimum Gasteiger partial charge on any atom is -0.493 e. The van der Waals surface area contributed by atoms with Crippen LogP contribution in [-0.4, -0.2) is 57.7 Å². The minimum atomic E-state index is -0.661. The highest BCUT2D eigenvalue weighted by atomic mass is 16.5. The molecule has 0 aliphatic carbocycles. The number of amides is 3. The summed E-state index contributed by atoms with van der Waals surface area (Å²) in [6, 6.07) is 10.3. The molecule has 35 heavy (non-hydrogen) atoms. The zero-order valence-electron chi connectivity index (χ0n) is 20.3. The van der Waals surface area contributed by atoms with Gasteiger partial charge in [0, 0.05) is 42.5 Å². The van der Waals surface area contributed by atoms with E-state index in [2.05, 4.69) is 15.5 Å². The molecule has 1 aliphatic heterocycles. The van der Waals surface area contributed by atoms with Crippen LogP contribution in [-0.2, 0) is 9.59 Å². The average Bonchev–Trinajstić information content (AvgIpc) is 3.37. The molecule has 0 aromatic heterocycles. The number of nitrogens with two attached hydrogens (primary N) is 1. The van der Waals surface area contributed by atoms with Crippen LogP contribution in [0.5, 0.6) is 17.2 Å². The highest BCUT2D eigenvalue weighted by Crippen LogP contribution is 2.38. The number of primary amides is 1.